The van der Waals surface area contributed by atoms with E-state index in [1.807, 2.05) is 0 Å². The number of hydrogen-bond donors (Lipinski definition) is 2. The molecule has 2 aromatic heterocycles. The Morgan fingerprint density at radius 2 is 2.03 bits per heavy atom. The minimum atomic E-state index is -4.77. The summed E-state index contributed by atoms with van der Waals surface area (Å²) in [7, 11) is 0. The Balaban J connectivity index is 1.85. The third-order valence-corrected chi connectivity index (χ3v) is 6.15. The van der Waals surface area contributed by atoms with E-state index < -0.39 is 23.5 Å². The van der Waals surface area contributed by atoms with Gasteiger partial charge in [-0.15, -0.1) is 11.3 Å². The quantitative estimate of drug-likeness (QED) is 0.571. The minimum Gasteiger partial charge on any atom is -0.397 e. The Kier molecular flexibility index (Phi) is 5.08. The Hall–Kier alpha value is -3.21. The molecule has 0 saturated carbocycles. The molecule has 0 atom stereocenters. The van der Waals surface area contributed by atoms with Crippen LogP contribution < -0.4 is 11.1 Å². The van der Waals surface area contributed by atoms with Crippen molar-refractivity contribution >= 4 is 44.7 Å². The fraction of sp³-hybridized carbons (Fsp3) is 0.250. The van der Waals surface area contributed by atoms with Gasteiger partial charge in [0.2, 0.25) is 5.91 Å². The van der Waals surface area contributed by atoms with Crippen LogP contribution in [0.4, 0.5) is 28.9 Å². The fourth-order valence-corrected chi connectivity index (χ4v) is 4.65. The van der Waals surface area contributed by atoms with Crippen molar-refractivity contribution in [2.75, 3.05) is 17.6 Å². The van der Waals surface area contributed by atoms with Gasteiger partial charge in [-0.2, -0.15) is 13.2 Å². The Labute approximate surface area is 177 Å². The van der Waals surface area contributed by atoms with Gasteiger partial charge in [0, 0.05) is 48.8 Å². The average molecular weight is 452 g/mol. The molecular weight excluding hydrogens is 436 g/mol. The van der Waals surface area contributed by atoms with E-state index in [0.717, 1.165) is 17.4 Å². The first-order chi connectivity index (χ1) is 14.6. The Morgan fingerprint density at radius 1 is 1.29 bits per heavy atom. The predicted octanol–water partition coefficient (Wildman–Crippen LogP) is 4.19. The van der Waals surface area contributed by atoms with Gasteiger partial charge in [-0.1, -0.05) is 6.07 Å². The smallest absolute Gasteiger partial charge is 0.397 e. The van der Waals surface area contributed by atoms with Crippen LogP contribution in [-0.2, 0) is 23.9 Å². The molecule has 11 heteroatoms. The van der Waals surface area contributed by atoms with Crippen LogP contribution in [-0.4, -0.2) is 28.2 Å². The molecule has 0 radical (unpaired) electrons. The first-order valence-corrected chi connectivity index (χ1v) is 10.0. The van der Waals surface area contributed by atoms with Gasteiger partial charge in [-0.3, -0.25) is 9.59 Å². The number of pyridine rings is 1. The third kappa shape index (κ3) is 3.80. The van der Waals surface area contributed by atoms with Crippen molar-refractivity contribution in [3.8, 4) is 0 Å². The zero-order valence-corrected chi connectivity index (χ0v) is 17.0. The number of nitrogens with zero attached hydrogens (tertiary/aromatic N) is 2. The summed E-state index contributed by atoms with van der Waals surface area (Å²) in [6.45, 7) is 1.31. The van der Waals surface area contributed by atoms with Crippen LogP contribution in [0, 0.1) is 5.82 Å². The van der Waals surface area contributed by atoms with Gasteiger partial charge >= 0.3 is 6.18 Å². The normalized spacial score (nSPS) is 13.9. The van der Waals surface area contributed by atoms with Gasteiger partial charge in [0.25, 0.3) is 5.91 Å². The number of benzene rings is 1. The Morgan fingerprint density at radius 3 is 2.68 bits per heavy atom. The maximum absolute atomic E-state index is 14.1. The Bertz CT molecular complexity index is 1220. The van der Waals surface area contributed by atoms with E-state index in [9.17, 15) is 27.2 Å². The van der Waals surface area contributed by atoms with Crippen LogP contribution in [0.2, 0.25) is 0 Å². The lowest BCUT2D eigenvalue weighted by Gasteiger charge is -2.29. The lowest BCUT2D eigenvalue weighted by molar-refractivity contribution is -0.138. The maximum Gasteiger partial charge on any atom is 0.417 e. The van der Waals surface area contributed by atoms with Gasteiger partial charge in [-0.25, -0.2) is 9.37 Å². The molecule has 1 aliphatic rings. The molecule has 3 heterocycles. The lowest BCUT2D eigenvalue weighted by Crippen LogP contribution is -2.36. The lowest BCUT2D eigenvalue weighted by atomic mass is 9.96. The molecule has 0 unspecified atom stereocenters. The van der Waals surface area contributed by atoms with Crippen molar-refractivity contribution in [1.29, 1.82) is 0 Å². The van der Waals surface area contributed by atoms with Crippen molar-refractivity contribution < 1.29 is 27.2 Å². The number of carbonyl (C=O) groups is 2. The number of amides is 2. The largest absolute Gasteiger partial charge is 0.417 e. The number of nitrogens with two attached hydrogens (primary N) is 1. The number of anilines is 2. The minimum absolute atomic E-state index is 0.00996. The molecule has 3 N–H and O–H groups in total. The highest BCUT2D eigenvalue weighted by Crippen LogP contribution is 2.45. The first-order valence-electron chi connectivity index (χ1n) is 9.19. The summed E-state index contributed by atoms with van der Waals surface area (Å²) in [5.41, 5.74) is 4.94. The van der Waals surface area contributed by atoms with E-state index in [-0.39, 0.29) is 63.1 Å². The molecule has 6 nitrogen and oxygen atoms in total. The highest BCUT2D eigenvalue weighted by atomic mass is 32.1. The third-order valence-electron chi connectivity index (χ3n) is 5.05. The van der Waals surface area contributed by atoms with Gasteiger partial charge in [-0.05, 0) is 18.2 Å². The first kappa shape index (κ1) is 21.0. The van der Waals surface area contributed by atoms with Crippen LogP contribution in [0.5, 0.6) is 0 Å². The summed E-state index contributed by atoms with van der Waals surface area (Å²) < 4.78 is 55.6. The molecule has 0 bridgehead atoms. The highest BCUT2D eigenvalue weighted by Gasteiger charge is 2.41. The molecule has 162 valence electrons. The topological polar surface area (TPSA) is 88.3 Å². The van der Waals surface area contributed by atoms with E-state index in [0.29, 0.717) is 0 Å². The van der Waals surface area contributed by atoms with Gasteiger partial charge in [0.05, 0.1) is 11.3 Å². The number of thiophene rings is 1. The van der Waals surface area contributed by atoms with Crippen molar-refractivity contribution in [3.05, 3.63) is 51.8 Å². The highest BCUT2D eigenvalue weighted by molar-refractivity contribution is 7.21. The van der Waals surface area contributed by atoms with Crippen molar-refractivity contribution in [2.45, 2.75) is 26.1 Å². The standard InChI is InChI=1S/C20H16F4N4O2S/c1-9(29)28-6-5-13-12(8-28)15(20(22,23)24)14-16(25)17(31-19(14)27-13)18(30)26-11-4-2-3-10(21)7-11/h2-4,7H,5-6,8,25H2,1H3,(H,26,30). The van der Waals surface area contributed by atoms with Gasteiger partial charge in [0.1, 0.15) is 15.5 Å². The second-order valence-electron chi connectivity index (χ2n) is 7.09. The van der Waals surface area contributed by atoms with Crippen molar-refractivity contribution in [1.82, 2.24) is 9.88 Å². The molecule has 4 rings (SSSR count). The van der Waals surface area contributed by atoms with E-state index >= 15 is 0 Å². The van der Waals surface area contributed by atoms with Crippen LogP contribution >= 0.6 is 11.3 Å². The average Bonchev–Trinajstić information content (AvgIpc) is 3.01. The predicted molar refractivity (Wildman–Crippen MR) is 108 cm³/mol. The summed E-state index contributed by atoms with van der Waals surface area (Å²) in [5, 5.41) is 2.08. The maximum atomic E-state index is 14.1. The summed E-state index contributed by atoms with van der Waals surface area (Å²) >= 11 is 0.743. The number of alkyl halides is 3. The number of rotatable bonds is 2. The summed E-state index contributed by atoms with van der Waals surface area (Å²) in [6, 6.07) is 5.10. The van der Waals surface area contributed by atoms with Crippen molar-refractivity contribution in [3.63, 3.8) is 0 Å². The second-order valence-corrected chi connectivity index (χ2v) is 8.09. The van der Waals surface area contributed by atoms with Gasteiger partial charge < -0.3 is 16.0 Å². The van der Waals surface area contributed by atoms with Gasteiger partial charge in [0.15, 0.2) is 0 Å². The second kappa shape index (κ2) is 7.49. The van der Waals surface area contributed by atoms with Crippen LogP contribution in [0.25, 0.3) is 10.2 Å². The molecule has 1 aliphatic heterocycles. The number of fused-ring (bicyclic) bond motifs is 2. The zero-order chi connectivity index (χ0) is 22.5. The van der Waals surface area contributed by atoms with Crippen LogP contribution in [0.1, 0.15) is 33.4 Å². The van der Waals surface area contributed by atoms with E-state index in [2.05, 4.69) is 10.3 Å². The fourth-order valence-electron chi connectivity index (χ4n) is 3.63. The number of hydrogen-bond acceptors (Lipinski definition) is 5. The van der Waals surface area contributed by atoms with Crippen LogP contribution in [0.15, 0.2) is 24.3 Å². The van der Waals surface area contributed by atoms with Crippen molar-refractivity contribution in [2.24, 2.45) is 0 Å². The molecule has 31 heavy (non-hydrogen) atoms. The molecule has 1 aromatic carbocycles. The summed E-state index contributed by atoms with van der Waals surface area (Å²) in [6.07, 6.45) is -4.60. The molecule has 0 fully saturated rings. The zero-order valence-electron chi connectivity index (χ0n) is 16.1. The number of carbonyl (C=O) groups excluding carboxylic acids is 2. The molecule has 0 aliphatic carbocycles. The molecule has 3 aromatic rings. The number of halogens is 4. The number of nitrogens with one attached hydrogen (secondary N) is 1. The summed E-state index contributed by atoms with van der Waals surface area (Å²) in [5.74, 6) is -1.68. The molecule has 0 saturated heterocycles. The molecular formula is C20H16F4N4O2S. The summed E-state index contributed by atoms with van der Waals surface area (Å²) in [4.78, 5) is 29.9. The van der Waals surface area contributed by atoms with E-state index in [4.69, 9.17) is 5.73 Å². The monoisotopic (exact) mass is 452 g/mol. The van der Waals surface area contributed by atoms with Crippen LogP contribution in [0.3, 0.4) is 0 Å². The molecule has 0 spiro atoms. The number of nitrogen functional groups attached to an aromatic ring is 1. The van der Waals surface area contributed by atoms with E-state index in [1.54, 1.807) is 0 Å². The SMILES string of the molecule is CC(=O)N1CCc2nc3sc(C(=O)Nc4cccc(F)c4)c(N)c3c(C(F)(F)F)c2C1. The number of aromatic nitrogens is 1. The molecule has 2 amide bonds. The van der Waals surface area contributed by atoms with E-state index in [1.165, 1.54) is 30.0 Å².